The molecule has 72 valence electrons. The fraction of sp³-hybridized carbons (Fsp3) is 0.500. The molecule has 0 aromatic rings. The summed E-state index contributed by atoms with van der Waals surface area (Å²) in [7, 11) is 0. The van der Waals surface area contributed by atoms with Crippen LogP contribution >= 0.6 is 0 Å². The van der Waals surface area contributed by atoms with Crippen LogP contribution in [-0.2, 0) is 0 Å². The lowest BCUT2D eigenvalue weighted by molar-refractivity contribution is 0.352. The highest BCUT2D eigenvalue weighted by molar-refractivity contribution is 5.25. The lowest BCUT2D eigenvalue weighted by Gasteiger charge is -2.29. The second kappa shape index (κ2) is 4.31. The second-order valence-corrected chi connectivity index (χ2v) is 3.74. The van der Waals surface area contributed by atoms with E-state index in [1.54, 1.807) is 0 Å². The van der Waals surface area contributed by atoms with Crippen molar-refractivity contribution >= 4 is 0 Å². The van der Waals surface area contributed by atoms with Crippen LogP contribution in [0, 0.1) is 5.41 Å². The van der Waals surface area contributed by atoms with Crippen molar-refractivity contribution < 1.29 is 0 Å². The Balaban J connectivity index is 2.85. The van der Waals surface area contributed by atoms with E-state index in [0.717, 1.165) is 0 Å². The molecule has 1 heterocycles. The first-order valence-electron chi connectivity index (χ1n) is 5.03. The van der Waals surface area contributed by atoms with Gasteiger partial charge in [0, 0.05) is 17.3 Å². The van der Waals surface area contributed by atoms with Gasteiger partial charge in [-0.1, -0.05) is 32.9 Å². The summed E-state index contributed by atoms with van der Waals surface area (Å²) in [5.41, 5.74) is 1.61. The number of nitrogens with one attached hydrogen (secondary N) is 1. The first-order valence-corrected chi connectivity index (χ1v) is 5.03. The monoisotopic (exact) mass is 177 g/mol. The Morgan fingerprint density at radius 3 is 2.46 bits per heavy atom. The number of allylic oxidation sites excluding steroid dienone is 5. The summed E-state index contributed by atoms with van der Waals surface area (Å²) in [6.45, 7) is 6.79. The second-order valence-electron chi connectivity index (χ2n) is 3.74. The van der Waals surface area contributed by atoms with Gasteiger partial charge in [0.25, 0.3) is 0 Å². The summed E-state index contributed by atoms with van der Waals surface area (Å²) in [6, 6.07) is 0. The molecule has 1 rings (SSSR count). The van der Waals surface area contributed by atoms with Crippen LogP contribution in [0.15, 0.2) is 36.2 Å². The third kappa shape index (κ3) is 2.24. The third-order valence-corrected chi connectivity index (χ3v) is 3.03. The fourth-order valence-electron chi connectivity index (χ4n) is 1.46. The van der Waals surface area contributed by atoms with Gasteiger partial charge >= 0.3 is 0 Å². The maximum absolute atomic E-state index is 3.34. The Morgan fingerprint density at radius 2 is 1.85 bits per heavy atom. The molecule has 0 aromatic carbocycles. The Kier molecular flexibility index (Phi) is 3.35. The molecular formula is C12H19N. The molecule has 0 spiro atoms. The summed E-state index contributed by atoms with van der Waals surface area (Å²) in [6.07, 6.45) is 12.7. The predicted octanol–water partition coefficient (Wildman–Crippen LogP) is 3.37. The highest BCUT2D eigenvalue weighted by Gasteiger charge is 2.24. The first kappa shape index (κ1) is 10.1. The summed E-state index contributed by atoms with van der Waals surface area (Å²) in [5, 5.41) is 3.34. The molecule has 0 fully saturated rings. The van der Waals surface area contributed by atoms with Gasteiger partial charge in [-0.25, -0.2) is 0 Å². The SMILES string of the molecule is CCC(C)(CC)C1=CC=CC=CN1. The molecule has 13 heavy (non-hydrogen) atoms. The summed E-state index contributed by atoms with van der Waals surface area (Å²) < 4.78 is 0. The van der Waals surface area contributed by atoms with Crippen molar-refractivity contribution in [3.63, 3.8) is 0 Å². The van der Waals surface area contributed by atoms with Crippen LogP contribution in [0.25, 0.3) is 0 Å². The van der Waals surface area contributed by atoms with Gasteiger partial charge in [0.15, 0.2) is 0 Å². The lowest BCUT2D eigenvalue weighted by atomic mass is 9.81. The van der Waals surface area contributed by atoms with E-state index in [1.807, 2.05) is 18.4 Å². The van der Waals surface area contributed by atoms with E-state index in [9.17, 15) is 0 Å². The molecule has 0 saturated carbocycles. The highest BCUT2D eigenvalue weighted by atomic mass is 14.9. The van der Waals surface area contributed by atoms with Gasteiger partial charge in [-0.2, -0.15) is 0 Å². The molecule has 1 aliphatic heterocycles. The van der Waals surface area contributed by atoms with Crippen LogP contribution in [0.5, 0.6) is 0 Å². The summed E-state index contributed by atoms with van der Waals surface area (Å²) in [4.78, 5) is 0. The summed E-state index contributed by atoms with van der Waals surface area (Å²) >= 11 is 0. The number of rotatable bonds is 3. The minimum absolute atomic E-state index is 0.291. The molecule has 0 aliphatic carbocycles. The van der Waals surface area contributed by atoms with Gasteiger partial charge in [-0.15, -0.1) is 0 Å². The highest BCUT2D eigenvalue weighted by Crippen LogP contribution is 2.33. The molecule has 0 bridgehead atoms. The molecule has 0 unspecified atom stereocenters. The average Bonchev–Trinajstić information content (AvgIpc) is 2.45. The normalized spacial score (nSPS) is 16.4. The van der Waals surface area contributed by atoms with Gasteiger partial charge < -0.3 is 5.32 Å². The maximum Gasteiger partial charge on any atom is 0.0206 e. The molecule has 0 saturated heterocycles. The molecule has 0 atom stereocenters. The van der Waals surface area contributed by atoms with Gasteiger partial charge in [0.05, 0.1) is 0 Å². The summed E-state index contributed by atoms with van der Waals surface area (Å²) in [5.74, 6) is 0. The van der Waals surface area contributed by atoms with E-state index in [-0.39, 0.29) is 0 Å². The van der Waals surface area contributed by atoms with Crippen LogP contribution < -0.4 is 5.32 Å². The Bertz CT molecular complexity index is 242. The van der Waals surface area contributed by atoms with Gasteiger partial charge in [0.2, 0.25) is 0 Å². The zero-order valence-corrected chi connectivity index (χ0v) is 8.80. The Labute approximate surface area is 81.2 Å². The van der Waals surface area contributed by atoms with Crippen LogP contribution in [-0.4, -0.2) is 0 Å². The average molecular weight is 177 g/mol. The van der Waals surface area contributed by atoms with Crippen LogP contribution in [0.1, 0.15) is 33.6 Å². The van der Waals surface area contributed by atoms with Crippen molar-refractivity contribution in [2.75, 3.05) is 0 Å². The molecular weight excluding hydrogens is 158 g/mol. The van der Waals surface area contributed by atoms with Crippen LogP contribution in [0.4, 0.5) is 0 Å². The topological polar surface area (TPSA) is 12.0 Å². The minimum Gasteiger partial charge on any atom is -0.365 e. The van der Waals surface area contributed by atoms with Crippen LogP contribution in [0.2, 0.25) is 0 Å². The van der Waals surface area contributed by atoms with Gasteiger partial charge in [0.1, 0.15) is 0 Å². The van der Waals surface area contributed by atoms with Crippen LogP contribution in [0.3, 0.4) is 0 Å². The molecule has 0 aromatic heterocycles. The Hall–Kier alpha value is -0.980. The lowest BCUT2D eigenvalue weighted by Crippen LogP contribution is -2.25. The van der Waals surface area contributed by atoms with E-state index in [0.29, 0.717) is 5.41 Å². The van der Waals surface area contributed by atoms with Crippen molar-refractivity contribution in [2.24, 2.45) is 5.41 Å². The van der Waals surface area contributed by atoms with Gasteiger partial charge in [-0.05, 0) is 25.0 Å². The fourth-order valence-corrected chi connectivity index (χ4v) is 1.46. The molecule has 1 aliphatic rings. The van der Waals surface area contributed by atoms with Crippen molar-refractivity contribution in [1.82, 2.24) is 5.32 Å². The van der Waals surface area contributed by atoms with E-state index in [1.165, 1.54) is 18.5 Å². The standard InChI is InChI=1S/C12H19N/c1-4-12(3,5-2)11-9-7-6-8-10-13-11/h6-10,13H,4-5H2,1-3H3. The van der Waals surface area contributed by atoms with Crippen molar-refractivity contribution in [2.45, 2.75) is 33.6 Å². The van der Waals surface area contributed by atoms with Crippen molar-refractivity contribution in [3.05, 3.63) is 36.2 Å². The van der Waals surface area contributed by atoms with E-state index in [4.69, 9.17) is 0 Å². The smallest absolute Gasteiger partial charge is 0.0206 e. The third-order valence-electron chi connectivity index (χ3n) is 3.03. The van der Waals surface area contributed by atoms with Crippen molar-refractivity contribution in [3.8, 4) is 0 Å². The molecule has 1 heteroatoms. The number of hydrogen-bond acceptors (Lipinski definition) is 1. The largest absolute Gasteiger partial charge is 0.365 e. The van der Waals surface area contributed by atoms with Gasteiger partial charge in [-0.3, -0.25) is 0 Å². The van der Waals surface area contributed by atoms with E-state index >= 15 is 0 Å². The van der Waals surface area contributed by atoms with Crippen molar-refractivity contribution in [1.29, 1.82) is 0 Å². The zero-order valence-electron chi connectivity index (χ0n) is 8.80. The predicted molar refractivity (Wildman–Crippen MR) is 58.2 cm³/mol. The molecule has 1 N–H and O–H groups in total. The maximum atomic E-state index is 3.34. The number of hydrogen-bond donors (Lipinski definition) is 1. The van der Waals surface area contributed by atoms with E-state index < -0.39 is 0 Å². The first-order chi connectivity index (χ1) is 6.23. The zero-order chi connectivity index (χ0) is 9.73. The molecule has 1 nitrogen and oxygen atoms in total. The molecule has 0 radical (unpaired) electrons. The molecule has 0 amide bonds. The Morgan fingerprint density at radius 1 is 1.15 bits per heavy atom. The quantitative estimate of drug-likeness (QED) is 0.697. The van der Waals surface area contributed by atoms with E-state index in [2.05, 4.69) is 38.2 Å². The minimum atomic E-state index is 0.291.